The number of carbonyl (C=O) groups is 1. The second-order valence-corrected chi connectivity index (χ2v) is 7.97. The molecule has 2 heterocycles. The summed E-state index contributed by atoms with van der Waals surface area (Å²) >= 11 is 0. The van der Waals surface area contributed by atoms with E-state index >= 15 is 0 Å². The Morgan fingerprint density at radius 3 is 2.32 bits per heavy atom. The molecule has 0 unspecified atom stereocenters. The SMILES string of the molecule is CC(C)c1ccc(OCC(=O)N2CCN(c3ccc(C4CC4)nn3)CC2)cc1. The fraction of sp³-hybridized carbons (Fsp3) is 0.500. The van der Waals surface area contributed by atoms with E-state index in [4.69, 9.17) is 4.74 Å². The van der Waals surface area contributed by atoms with E-state index in [-0.39, 0.29) is 12.5 Å². The van der Waals surface area contributed by atoms with Crippen LogP contribution < -0.4 is 9.64 Å². The number of aromatic nitrogens is 2. The van der Waals surface area contributed by atoms with Crippen LogP contribution in [0.2, 0.25) is 0 Å². The predicted octanol–water partition coefficient (Wildman–Crippen LogP) is 3.21. The number of carbonyl (C=O) groups excluding carboxylic acids is 1. The van der Waals surface area contributed by atoms with Crippen LogP contribution in [0.1, 0.15) is 49.8 Å². The summed E-state index contributed by atoms with van der Waals surface area (Å²) in [6, 6.07) is 12.1. The monoisotopic (exact) mass is 380 g/mol. The van der Waals surface area contributed by atoms with Crippen molar-refractivity contribution < 1.29 is 9.53 Å². The maximum Gasteiger partial charge on any atom is 0.260 e. The van der Waals surface area contributed by atoms with E-state index in [1.807, 2.05) is 17.0 Å². The molecule has 2 fully saturated rings. The first kappa shape index (κ1) is 18.7. The maximum absolute atomic E-state index is 12.5. The average Bonchev–Trinajstić information content (AvgIpc) is 3.58. The van der Waals surface area contributed by atoms with Crippen molar-refractivity contribution in [3.63, 3.8) is 0 Å². The van der Waals surface area contributed by atoms with Crippen LogP contribution in [0.3, 0.4) is 0 Å². The highest BCUT2D eigenvalue weighted by Crippen LogP contribution is 2.38. The highest BCUT2D eigenvalue weighted by atomic mass is 16.5. The van der Waals surface area contributed by atoms with Crippen molar-refractivity contribution in [3.8, 4) is 5.75 Å². The van der Waals surface area contributed by atoms with E-state index in [2.05, 4.69) is 53.2 Å². The molecule has 1 amide bonds. The lowest BCUT2D eigenvalue weighted by atomic mass is 10.0. The van der Waals surface area contributed by atoms with Gasteiger partial charge >= 0.3 is 0 Å². The Kier molecular flexibility index (Phi) is 5.46. The van der Waals surface area contributed by atoms with Crippen LogP contribution in [0.4, 0.5) is 5.82 Å². The molecule has 0 atom stereocenters. The molecule has 4 rings (SSSR count). The summed E-state index contributed by atoms with van der Waals surface area (Å²) in [4.78, 5) is 16.5. The van der Waals surface area contributed by atoms with Gasteiger partial charge in [-0.3, -0.25) is 4.79 Å². The molecule has 2 aliphatic rings. The van der Waals surface area contributed by atoms with Crippen LogP contribution in [-0.2, 0) is 4.79 Å². The van der Waals surface area contributed by atoms with Gasteiger partial charge in [0.2, 0.25) is 0 Å². The van der Waals surface area contributed by atoms with Crippen molar-refractivity contribution in [2.24, 2.45) is 0 Å². The van der Waals surface area contributed by atoms with Gasteiger partial charge in [0.25, 0.3) is 5.91 Å². The van der Waals surface area contributed by atoms with Gasteiger partial charge in [0.15, 0.2) is 12.4 Å². The van der Waals surface area contributed by atoms with Crippen LogP contribution in [0.5, 0.6) is 5.75 Å². The van der Waals surface area contributed by atoms with Gasteiger partial charge in [-0.05, 0) is 48.6 Å². The van der Waals surface area contributed by atoms with E-state index in [1.54, 1.807) is 0 Å². The minimum atomic E-state index is 0.0303. The average molecular weight is 380 g/mol. The Balaban J connectivity index is 1.24. The Labute approximate surface area is 166 Å². The summed E-state index contributed by atoms with van der Waals surface area (Å²) in [5.74, 6) is 2.78. The first-order valence-electron chi connectivity index (χ1n) is 10.2. The quantitative estimate of drug-likeness (QED) is 0.770. The molecular formula is C22H28N4O2. The van der Waals surface area contributed by atoms with Gasteiger partial charge < -0.3 is 14.5 Å². The molecule has 2 aromatic rings. The largest absolute Gasteiger partial charge is 0.484 e. The molecule has 1 saturated carbocycles. The first-order valence-corrected chi connectivity index (χ1v) is 10.2. The zero-order chi connectivity index (χ0) is 19.5. The molecule has 1 aromatic heterocycles. The Hall–Kier alpha value is -2.63. The number of benzene rings is 1. The first-order chi connectivity index (χ1) is 13.6. The van der Waals surface area contributed by atoms with E-state index in [1.165, 1.54) is 18.4 Å². The number of hydrogen-bond acceptors (Lipinski definition) is 5. The van der Waals surface area contributed by atoms with E-state index in [9.17, 15) is 4.79 Å². The van der Waals surface area contributed by atoms with Crippen molar-refractivity contribution in [2.45, 2.75) is 38.5 Å². The van der Waals surface area contributed by atoms with Crippen molar-refractivity contribution in [2.75, 3.05) is 37.7 Å². The molecule has 148 valence electrons. The number of amides is 1. The second kappa shape index (κ2) is 8.17. The van der Waals surface area contributed by atoms with Crippen LogP contribution >= 0.6 is 0 Å². The van der Waals surface area contributed by atoms with Crippen molar-refractivity contribution >= 4 is 11.7 Å². The number of rotatable bonds is 6. The zero-order valence-corrected chi connectivity index (χ0v) is 16.7. The molecule has 1 aliphatic carbocycles. The van der Waals surface area contributed by atoms with Gasteiger partial charge in [-0.2, -0.15) is 5.10 Å². The summed E-state index contributed by atoms with van der Waals surface area (Å²) in [6.07, 6.45) is 2.47. The Morgan fingerprint density at radius 1 is 1.04 bits per heavy atom. The summed E-state index contributed by atoms with van der Waals surface area (Å²) in [7, 11) is 0. The number of hydrogen-bond donors (Lipinski definition) is 0. The number of piperazine rings is 1. The van der Waals surface area contributed by atoms with Crippen molar-refractivity contribution in [1.29, 1.82) is 0 Å². The van der Waals surface area contributed by atoms with Crippen LogP contribution in [0.25, 0.3) is 0 Å². The van der Waals surface area contributed by atoms with Crippen LogP contribution in [0.15, 0.2) is 36.4 Å². The molecule has 0 radical (unpaired) electrons. The van der Waals surface area contributed by atoms with E-state index in [0.717, 1.165) is 30.4 Å². The van der Waals surface area contributed by atoms with Gasteiger partial charge in [-0.15, -0.1) is 5.10 Å². The third-order valence-corrected chi connectivity index (χ3v) is 5.53. The molecule has 6 heteroatoms. The predicted molar refractivity (Wildman–Crippen MR) is 109 cm³/mol. The standard InChI is InChI=1S/C22H28N4O2/c1-16(2)17-5-7-19(8-6-17)28-15-22(27)26-13-11-25(12-14-26)21-10-9-20(23-24-21)18-3-4-18/h5-10,16,18H,3-4,11-15H2,1-2H3. The fourth-order valence-corrected chi connectivity index (χ4v) is 3.47. The maximum atomic E-state index is 12.5. The Bertz CT molecular complexity index is 792. The number of anilines is 1. The normalized spacial score (nSPS) is 17.1. The van der Waals surface area contributed by atoms with E-state index < -0.39 is 0 Å². The number of ether oxygens (including phenoxy) is 1. The molecule has 1 aromatic carbocycles. The molecule has 0 N–H and O–H groups in total. The lowest BCUT2D eigenvalue weighted by molar-refractivity contribution is -0.133. The Morgan fingerprint density at radius 2 is 1.75 bits per heavy atom. The molecule has 1 saturated heterocycles. The van der Waals surface area contributed by atoms with Crippen LogP contribution in [0, 0.1) is 0 Å². The topological polar surface area (TPSA) is 58.6 Å². The molecule has 6 nitrogen and oxygen atoms in total. The van der Waals surface area contributed by atoms with Crippen LogP contribution in [-0.4, -0.2) is 53.8 Å². The van der Waals surface area contributed by atoms with Crippen molar-refractivity contribution in [1.82, 2.24) is 15.1 Å². The van der Waals surface area contributed by atoms with Gasteiger partial charge in [0.05, 0.1) is 5.69 Å². The summed E-state index contributed by atoms with van der Waals surface area (Å²) in [5, 5.41) is 8.73. The second-order valence-electron chi connectivity index (χ2n) is 7.97. The molecular weight excluding hydrogens is 352 g/mol. The molecule has 0 bridgehead atoms. The van der Waals surface area contributed by atoms with Crippen molar-refractivity contribution in [3.05, 3.63) is 47.7 Å². The minimum absolute atomic E-state index is 0.0303. The van der Waals surface area contributed by atoms with Gasteiger partial charge in [-0.1, -0.05) is 26.0 Å². The number of nitrogens with zero attached hydrogens (tertiary/aromatic N) is 4. The zero-order valence-electron chi connectivity index (χ0n) is 16.7. The highest BCUT2D eigenvalue weighted by molar-refractivity contribution is 5.78. The highest BCUT2D eigenvalue weighted by Gasteiger charge is 2.26. The van der Waals surface area contributed by atoms with Gasteiger partial charge in [0, 0.05) is 32.1 Å². The molecule has 0 spiro atoms. The smallest absolute Gasteiger partial charge is 0.260 e. The third kappa shape index (κ3) is 4.43. The summed E-state index contributed by atoms with van der Waals surface area (Å²) < 4.78 is 5.68. The molecule has 1 aliphatic heterocycles. The lowest BCUT2D eigenvalue weighted by Crippen LogP contribution is -2.50. The summed E-state index contributed by atoms with van der Waals surface area (Å²) in [6.45, 7) is 7.30. The lowest BCUT2D eigenvalue weighted by Gasteiger charge is -2.35. The molecule has 28 heavy (non-hydrogen) atoms. The minimum Gasteiger partial charge on any atom is -0.484 e. The third-order valence-electron chi connectivity index (χ3n) is 5.53. The van der Waals surface area contributed by atoms with Gasteiger partial charge in [-0.25, -0.2) is 0 Å². The van der Waals surface area contributed by atoms with Gasteiger partial charge in [0.1, 0.15) is 5.75 Å². The van der Waals surface area contributed by atoms with E-state index in [0.29, 0.717) is 24.9 Å². The fourth-order valence-electron chi connectivity index (χ4n) is 3.47. The summed E-state index contributed by atoms with van der Waals surface area (Å²) in [5.41, 5.74) is 2.37.